The molecule has 1 aliphatic heterocycles. The molecule has 1 fully saturated rings. The topological polar surface area (TPSA) is 15.3 Å². The lowest BCUT2D eigenvalue weighted by Crippen LogP contribution is -2.52. The van der Waals surface area contributed by atoms with Crippen LogP contribution in [0.1, 0.15) is 32.8 Å². The Kier molecular flexibility index (Phi) is 5.43. The fraction of sp³-hybridized carbons (Fsp3) is 0.625. The maximum absolute atomic E-state index is 3.62. The Balaban J connectivity index is 1.97. The van der Waals surface area contributed by atoms with Crippen LogP contribution in [0.3, 0.4) is 0 Å². The van der Waals surface area contributed by atoms with Gasteiger partial charge in [0, 0.05) is 29.6 Å². The van der Waals surface area contributed by atoms with Crippen LogP contribution in [0.25, 0.3) is 0 Å². The van der Waals surface area contributed by atoms with Gasteiger partial charge in [0.25, 0.3) is 0 Å². The van der Waals surface area contributed by atoms with Crippen molar-refractivity contribution in [3.8, 4) is 0 Å². The molecule has 0 spiro atoms. The number of piperidine rings is 1. The second kappa shape index (κ2) is 6.87. The number of nitrogens with one attached hydrogen (secondary N) is 1. The number of rotatable bonds is 4. The van der Waals surface area contributed by atoms with Crippen molar-refractivity contribution in [3.63, 3.8) is 0 Å². The molecule has 1 heterocycles. The second-order valence-corrected chi connectivity index (χ2v) is 6.57. The summed E-state index contributed by atoms with van der Waals surface area (Å²) >= 11 is 3.50. The van der Waals surface area contributed by atoms with Crippen molar-refractivity contribution in [3.05, 3.63) is 34.3 Å². The van der Waals surface area contributed by atoms with Gasteiger partial charge in [-0.15, -0.1) is 0 Å². The molecule has 0 saturated carbocycles. The fourth-order valence-corrected chi connectivity index (χ4v) is 3.30. The number of likely N-dealkylation sites (tertiary alicyclic amines) is 1. The zero-order chi connectivity index (χ0) is 13.8. The predicted octanol–water partition coefficient (Wildman–Crippen LogP) is 3.66. The first-order chi connectivity index (χ1) is 9.11. The van der Waals surface area contributed by atoms with Gasteiger partial charge in [0.15, 0.2) is 0 Å². The highest BCUT2D eigenvalue weighted by Crippen LogP contribution is 2.25. The first-order valence-corrected chi connectivity index (χ1v) is 8.13. The summed E-state index contributed by atoms with van der Waals surface area (Å²) in [5.41, 5.74) is 1.41. The molecule has 3 unspecified atom stereocenters. The summed E-state index contributed by atoms with van der Waals surface area (Å²) in [5, 5.41) is 3.62. The zero-order valence-corrected chi connectivity index (χ0v) is 13.8. The van der Waals surface area contributed by atoms with E-state index in [9.17, 15) is 0 Å². The van der Waals surface area contributed by atoms with E-state index < -0.39 is 0 Å². The Bertz CT molecular complexity index is 390. The molecule has 0 radical (unpaired) electrons. The van der Waals surface area contributed by atoms with Gasteiger partial charge >= 0.3 is 0 Å². The maximum atomic E-state index is 3.62. The largest absolute Gasteiger partial charge is 0.314 e. The van der Waals surface area contributed by atoms with Gasteiger partial charge in [-0.2, -0.15) is 0 Å². The summed E-state index contributed by atoms with van der Waals surface area (Å²) in [4.78, 5) is 2.61. The Morgan fingerprint density at radius 1 is 1.26 bits per heavy atom. The molecule has 0 amide bonds. The molecule has 0 bridgehead atoms. The van der Waals surface area contributed by atoms with Crippen LogP contribution in [0.4, 0.5) is 0 Å². The minimum Gasteiger partial charge on any atom is -0.314 e. The number of hydrogen-bond acceptors (Lipinski definition) is 2. The molecule has 2 rings (SSSR count). The molecule has 1 aliphatic rings. The molecular weight excluding hydrogens is 300 g/mol. The van der Waals surface area contributed by atoms with Crippen LogP contribution in [-0.4, -0.2) is 30.1 Å². The summed E-state index contributed by atoms with van der Waals surface area (Å²) in [7, 11) is 0. The van der Waals surface area contributed by atoms with Gasteiger partial charge in [0.2, 0.25) is 0 Å². The van der Waals surface area contributed by atoms with Gasteiger partial charge in [-0.1, -0.05) is 41.9 Å². The van der Waals surface area contributed by atoms with Crippen molar-refractivity contribution in [2.24, 2.45) is 5.92 Å². The molecule has 1 aromatic carbocycles. The molecule has 1 saturated heterocycles. The predicted molar refractivity (Wildman–Crippen MR) is 85.3 cm³/mol. The third-order valence-corrected chi connectivity index (χ3v) is 4.99. The van der Waals surface area contributed by atoms with E-state index in [1.807, 2.05) is 0 Å². The average Bonchev–Trinajstić information content (AvgIpc) is 2.41. The van der Waals surface area contributed by atoms with E-state index in [4.69, 9.17) is 0 Å². The van der Waals surface area contributed by atoms with Crippen molar-refractivity contribution in [2.75, 3.05) is 13.1 Å². The zero-order valence-electron chi connectivity index (χ0n) is 12.2. The number of halogens is 1. The van der Waals surface area contributed by atoms with Crippen LogP contribution >= 0.6 is 15.9 Å². The summed E-state index contributed by atoms with van der Waals surface area (Å²) in [5.74, 6) is 0.712. The van der Waals surface area contributed by atoms with Crippen molar-refractivity contribution in [2.45, 2.75) is 45.8 Å². The van der Waals surface area contributed by atoms with E-state index in [0.717, 1.165) is 17.6 Å². The first kappa shape index (κ1) is 15.0. The van der Waals surface area contributed by atoms with E-state index in [-0.39, 0.29) is 0 Å². The van der Waals surface area contributed by atoms with Crippen LogP contribution in [0.15, 0.2) is 28.7 Å². The molecule has 3 heteroatoms. The maximum Gasteiger partial charge on any atom is 0.0236 e. The highest BCUT2D eigenvalue weighted by atomic mass is 79.9. The Morgan fingerprint density at radius 2 is 1.95 bits per heavy atom. The van der Waals surface area contributed by atoms with E-state index in [0.29, 0.717) is 18.0 Å². The van der Waals surface area contributed by atoms with Gasteiger partial charge in [-0.3, -0.25) is 4.90 Å². The molecule has 0 aliphatic carbocycles. The van der Waals surface area contributed by atoms with Crippen LogP contribution in [0, 0.1) is 5.92 Å². The molecule has 1 N–H and O–H groups in total. The number of nitrogens with zero attached hydrogens (tertiary/aromatic N) is 1. The first-order valence-electron chi connectivity index (χ1n) is 7.33. The van der Waals surface area contributed by atoms with E-state index >= 15 is 0 Å². The highest BCUT2D eigenvalue weighted by Gasteiger charge is 2.31. The Morgan fingerprint density at radius 3 is 2.58 bits per heavy atom. The summed E-state index contributed by atoms with van der Waals surface area (Å²) in [6.07, 6.45) is 1.26. The monoisotopic (exact) mass is 324 g/mol. The van der Waals surface area contributed by atoms with E-state index in [1.54, 1.807) is 0 Å². The van der Waals surface area contributed by atoms with Crippen molar-refractivity contribution in [1.29, 1.82) is 0 Å². The normalized spacial score (nSPS) is 28.5. The third-order valence-electron chi connectivity index (χ3n) is 4.46. The van der Waals surface area contributed by atoms with Crippen LogP contribution in [-0.2, 0) is 6.54 Å². The SMILES string of the molecule is CCNC1CCN(Cc2ccc(Br)cc2)C(C)C1C. The lowest BCUT2D eigenvalue weighted by atomic mass is 9.86. The van der Waals surface area contributed by atoms with E-state index in [2.05, 4.69) is 71.2 Å². The number of hydrogen-bond donors (Lipinski definition) is 1. The molecule has 0 aromatic heterocycles. The van der Waals surface area contributed by atoms with Crippen molar-refractivity contribution < 1.29 is 0 Å². The standard InChI is InChI=1S/C16H25BrN2/c1-4-18-16-9-10-19(13(3)12(16)2)11-14-5-7-15(17)8-6-14/h5-8,12-13,16,18H,4,9-11H2,1-3H3. The molecule has 19 heavy (non-hydrogen) atoms. The quantitative estimate of drug-likeness (QED) is 0.909. The Hall–Kier alpha value is -0.380. The third kappa shape index (κ3) is 3.80. The molecule has 1 aromatic rings. The molecule has 3 atom stereocenters. The second-order valence-electron chi connectivity index (χ2n) is 5.65. The minimum absolute atomic E-state index is 0.640. The lowest BCUT2D eigenvalue weighted by molar-refractivity contribution is 0.0790. The fourth-order valence-electron chi connectivity index (χ4n) is 3.04. The smallest absolute Gasteiger partial charge is 0.0236 e. The minimum atomic E-state index is 0.640. The average molecular weight is 325 g/mol. The lowest BCUT2D eigenvalue weighted by Gasteiger charge is -2.43. The van der Waals surface area contributed by atoms with Crippen LogP contribution in [0.5, 0.6) is 0 Å². The molecular formula is C16H25BrN2. The van der Waals surface area contributed by atoms with Crippen molar-refractivity contribution >= 4 is 15.9 Å². The van der Waals surface area contributed by atoms with Crippen LogP contribution < -0.4 is 5.32 Å². The van der Waals surface area contributed by atoms with Gasteiger partial charge in [0.05, 0.1) is 0 Å². The van der Waals surface area contributed by atoms with E-state index in [1.165, 1.54) is 18.5 Å². The number of benzene rings is 1. The van der Waals surface area contributed by atoms with Gasteiger partial charge in [-0.05, 0) is 43.5 Å². The summed E-state index contributed by atoms with van der Waals surface area (Å²) in [6, 6.07) is 10.0. The Labute approximate surface area is 125 Å². The van der Waals surface area contributed by atoms with Gasteiger partial charge < -0.3 is 5.32 Å². The van der Waals surface area contributed by atoms with Gasteiger partial charge in [0.1, 0.15) is 0 Å². The molecule has 2 nitrogen and oxygen atoms in total. The van der Waals surface area contributed by atoms with Crippen molar-refractivity contribution in [1.82, 2.24) is 10.2 Å². The summed E-state index contributed by atoms with van der Waals surface area (Å²) < 4.78 is 1.16. The summed E-state index contributed by atoms with van der Waals surface area (Å²) in [6.45, 7) is 10.3. The molecule has 106 valence electrons. The van der Waals surface area contributed by atoms with Crippen LogP contribution in [0.2, 0.25) is 0 Å². The van der Waals surface area contributed by atoms with Gasteiger partial charge in [-0.25, -0.2) is 0 Å². The highest BCUT2D eigenvalue weighted by molar-refractivity contribution is 9.10.